The van der Waals surface area contributed by atoms with Crippen LogP contribution in [0.15, 0.2) is 71.8 Å². The lowest BCUT2D eigenvalue weighted by Crippen LogP contribution is -2.69. The fourth-order valence-electron chi connectivity index (χ4n) is 8.30. The van der Waals surface area contributed by atoms with Crippen molar-refractivity contribution in [2.45, 2.75) is 89.8 Å². The number of hydrogen-bond donors (Lipinski definition) is 2. The maximum atomic E-state index is 14.6. The number of ketones is 1. The van der Waals surface area contributed by atoms with Gasteiger partial charge in [-0.05, 0) is 61.4 Å². The number of aliphatic hydroxyl groups is 2. The van der Waals surface area contributed by atoms with Gasteiger partial charge in [-0.2, -0.15) is 0 Å². The largest absolute Gasteiger partial charge is 0.458 e. The minimum Gasteiger partial charge on any atom is -0.458 e. The third-order valence-corrected chi connectivity index (χ3v) is 11.3. The molecule has 1 unspecified atom stereocenters. The number of aliphatic hydroxyl groups excluding tert-OH is 1. The van der Waals surface area contributed by atoms with Crippen LogP contribution in [-0.4, -0.2) is 64.6 Å². The lowest BCUT2D eigenvalue weighted by Gasteiger charge is -2.62. The van der Waals surface area contributed by atoms with E-state index in [-0.39, 0.29) is 31.3 Å². The van der Waals surface area contributed by atoms with Crippen LogP contribution in [0.4, 0.5) is 0 Å². The van der Waals surface area contributed by atoms with Gasteiger partial charge in [0.05, 0.1) is 29.3 Å². The average Bonchev–Trinajstić information content (AvgIpc) is 2.99. The van der Waals surface area contributed by atoms with Crippen LogP contribution in [-0.2, 0) is 30.2 Å². The van der Waals surface area contributed by atoms with Gasteiger partial charge in [-0.25, -0.2) is 4.79 Å². The molecule has 3 fully saturated rings. The highest BCUT2D eigenvalue weighted by Gasteiger charge is 2.68. The Kier molecular flexibility index (Phi) is 7.83. The molecule has 2 aromatic carbocycles. The van der Waals surface area contributed by atoms with Crippen LogP contribution in [0.3, 0.4) is 0 Å². The molecule has 4 aliphatic rings. The molecule has 0 aromatic heterocycles. The first-order valence-corrected chi connectivity index (χ1v) is 15.6. The van der Waals surface area contributed by atoms with Crippen molar-refractivity contribution in [3.8, 4) is 0 Å². The molecule has 1 saturated heterocycles. The van der Waals surface area contributed by atoms with Gasteiger partial charge in [-0.1, -0.05) is 62.4 Å². The van der Waals surface area contributed by atoms with Crippen molar-refractivity contribution in [3.05, 3.63) is 82.9 Å². The summed E-state index contributed by atoms with van der Waals surface area (Å²) in [6.07, 6.45) is -2.11. The lowest BCUT2D eigenvalue weighted by molar-refractivity contribution is -0.243. The zero-order valence-corrected chi connectivity index (χ0v) is 25.8. The summed E-state index contributed by atoms with van der Waals surface area (Å²) in [5.41, 5.74) is -1.35. The number of rotatable bonds is 6. The molecule has 234 valence electrons. The maximum Gasteiger partial charge on any atom is 0.338 e. The predicted molar refractivity (Wildman–Crippen MR) is 161 cm³/mol. The summed E-state index contributed by atoms with van der Waals surface area (Å²) in [6, 6.07) is 18.3. The molecule has 3 aliphatic carbocycles. The summed E-state index contributed by atoms with van der Waals surface area (Å²) in [4.78, 5) is 40.9. The van der Waals surface area contributed by atoms with Crippen LogP contribution in [0.1, 0.15) is 69.3 Å². The monoisotopic (exact) mass is 602 g/mol. The number of hydrogen-bond acceptors (Lipinski definition) is 8. The fourth-order valence-corrected chi connectivity index (χ4v) is 8.30. The molecule has 2 bridgehead atoms. The van der Waals surface area contributed by atoms with E-state index in [2.05, 4.69) is 0 Å². The highest BCUT2D eigenvalue weighted by Crippen LogP contribution is 2.61. The number of carbonyl (C=O) groups is 3. The predicted octanol–water partition coefficient (Wildman–Crippen LogP) is 4.61. The molecule has 2 N–H and O–H groups in total. The quantitative estimate of drug-likeness (QED) is 0.364. The third-order valence-electron chi connectivity index (χ3n) is 11.3. The summed E-state index contributed by atoms with van der Waals surface area (Å²) in [5, 5.41) is 24.5. The topological polar surface area (TPSA) is 119 Å². The normalized spacial score (nSPS) is 35.7. The smallest absolute Gasteiger partial charge is 0.338 e. The first-order valence-electron chi connectivity index (χ1n) is 15.6. The van der Waals surface area contributed by atoms with E-state index in [1.54, 1.807) is 44.2 Å². The van der Waals surface area contributed by atoms with Gasteiger partial charge in [0.15, 0.2) is 5.78 Å². The Morgan fingerprint density at radius 1 is 0.977 bits per heavy atom. The van der Waals surface area contributed by atoms with Crippen molar-refractivity contribution in [2.75, 3.05) is 6.61 Å². The van der Waals surface area contributed by atoms with Crippen molar-refractivity contribution >= 4 is 17.7 Å². The van der Waals surface area contributed by atoms with E-state index in [0.717, 1.165) is 5.56 Å². The number of ether oxygens (including phenoxy) is 3. The molecule has 44 heavy (non-hydrogen) atoms. The van der Waals surface area contributed by atoms with Gasteiger partial charge < -0.3 is 24.4 Å². The third kappa shape index (κ3) is 4.91. The highest BCUT2D eigenvalue weighted by atomic mass is 16.6. The molecule has 0 radical (unpaired) electrons. The minimum atomic E-state index is -1.58. The zero-order valence-electron chi connectivity index (χ0n) is 25.8. The van der Waals surface area contributed by atoms with E-state index >= 15 is 0 Å². The summed E-state index contributed by atoms with van der Waals surface area (Å²) < 4.78 is 17.9. The first-order chi connectivity index (χ1) is 20.9. The van der Waals surface area contributed by atoms with E-state index in [9.17, 15) is 24.6 Å². The maximum absolute atomic E-state index is 14.6. The van der Waals surface area contributed by atoms with Crippen molar-refractivity contribution in [2.24, 2.45) is 22.7 Å². The summed E-state index contributed by atoms with van der Waals surface area (Å²) in [7, 11) is 0. The first kappa shape index (κ1) is 30.7. The second-order valence-electron chi connectivity index (χ2n) is 13.8. The van der Waals surface area contributed by atoms with Gasteiger partial charge in [0, 0.05) is 30.6 Å². The second-order valence-corrected chi connectivity index (χ2v) is 13.8. The zero-order chi connectivity index (χ0) is 31.4. The van der Waals surface area contributed by atoms with Crippen LogP contribution in [0.5, 0.6) is 0 Å². The molecule has 8 heteroatoms. The molecule has 6 rings (SSSR count). The van der Waals surface area contributed by atoms with Crippen LogP contribution in [0.25, 0.3) is 0 Å². The van der Waals surface area contributed by atoms with Crippen LogP contribution < -0.4 is 0 Å². The van der Waals surface area contributed by atoms with E-state index < -0.39 is 58.4 Å². The van der Waals surface area contributed by atoms with Crippen molar-refractivity contribution in [1.82, 2.24) is 0 Å². The van der Waals surface area contributed by atoms with E-state index in [1.807, 2.05) is 44.2 Å². The van der Waals surface area contributed by atoms with Gasteiger partial charge in [-0.3, -0.25) is 9.59 Å². The molecule has 0 amide bonds. The fraction of sp³-hybridized carbons (Fsp3) is 0.528. The lowest BCUT2D eigenvalue weighted by atomic mass is 9.47. The van der Waals surface area contributed by atoms with Gasteiger partial charge in [0.1, 0.15) is 18.3 Å². The van der Waals surface area contributed by atoms with Gasteiger partial charge in [-0.15, -0.1) is 0 Å². The van der Waals surface area contributed by atoms with Crippen LogP contribution in [0, 0.1) is 22.7 Å². The Hall–Kier alpha value is -3.33. The average molecular weight is 603 g/mol. The molecule has 0 spiro atoms. The van der Waals surface area contributed by atoms with Crippen molar-refractivity contribution in [3.63, 3.8) is 0 Å². The molecular weight excluding hydrogens is 560 g/mol. The van der Waals surface area contributed by atoms with Gasteiger partial charge in [0.2, 0.25) is 0 Å². The summed E-state index contributed by atoms with van der Waals surface area (Å²) in [5.74, 6) is -1.89. The standard InChI is InChI=1S/C36H42O8/c1-21-27(43-29(37)16-15-22-11-7-5-8-12-22)19-36(41)18-25-24-20-42-26(24)17-28(44-33(40)23-13-9-6-10-14-23)35(25,4)32(39)31(38)30(21)34(36,2)3/h5-14,24-28,31,38,41H,15-20H2,1-4H3/t24-,25?,26+,27-,28-,31+,35-,36-/m0/s1. The Labute approximate surface area is 258 Å². The molecule has 8 nitrogen and oxygen atoms in total. The van der Waals surface area contributed by atoms with Crippen LogP contribution >= 0.6 is 0 Å². The Morgan fingerprint density at radius 3 is 2.27 bits per heavy atom. The number of benzene rings is 2. The Bertz CT molecular complexity index is 1470. The summed E-state index contributed by atoms with van der Waals surface area (Å²) in [6.45, 7) is 7.66. The SMILES string of the molecule is CC1=C2[C@@H](O)C(=O)[C@@]3(C)C(C[C@](O)(C[C@@H]1OC(=O)CCc1ccccc1)C2(C)C)[C@@H]1CO[C@@H]1C[C@@H]3OC(=O)c1ccccc1. The Morgan fingerprint density at radius 2 is 1.64 bits per heavy atom. The number of carbonyl (C=O) groups excluding carboxylic acids is 3. The highest BCUT2D eigenvalue weighted by molar-refractivity contribution is 5.94. The van der Waals surface area contributed by atoms with E-state index in [4.69, 9.17) is 14.2 Å². The van der Waals surface area contributed by atoms with E-state index in [1.165, 1.54) is 0 Å². The number of esters is 2. The molecular formula is C36H42O8. The van der Waals surface area contributed by atoms with E-state index in [0.29, 0.717) is 36.2 Å². The van der Waals surface area contributed by atoms with Crippen LogP contribution in [0.2, 0.25) is 0 Å². The molecule has 2 aromatic rings. The molecule has 2 saturated carbocycles. The molecule has 1 aliphatic heterocycles. The molecule has 1 heterocycles. The van der Waals surface area contributed by atoms with Crippen molar-refractivity contribution in [1.29, 1.82) is 0 Å². The summed E-state index contributed by atoms with van der Waals surface area (Å²) >= 11 is 0. The number of Topliss-reactive ketones (excluding diaryl/α,β-unsaturated/α-hetero) is 1. The number of aryl methyl sites for hydroxylation is 1. The molecule has 8 atom stereocenters. The second kappa shape index (κ2) is 11.2. The van der Waals surface area contributed by atoms with Crippen molar-refractivity contribution < 1.29 is 38.8 Å². The van der Waals surface area contributed by atoms with Gasteiger partial charge >= 0.3 is 11.9 Å². The van der Waals surface area contributed by atoms with Gasteiger partial charge in [0.25, 0.3) is 0 Å². The minimum absolute atomic E-state index is 0.0527. The Balaban J connectivity index is 1.34. The number of fused-ring (bicyclic) bond motifs is 5.